The standard InChI is InChI=1S/C19H26ClNO7S/c1-12-9-21(10-13(2)27-12)29(24,25)16-8-14(6-7-15(16)20)18(23)26-11-17(22)28-19(3,4)5/h6-8,12-13H,9-11H2,1-5H3. The fourth-order valence-electron chi connectivity index (χ4n) is 2.87. The van der Waals surface area contributed by atoms with Crippen LogP contribution in [-0.4, -0.2) is 62.2 Å². The molecule has 0 aliphatic carbocycles. The Morgan fingerprint density at radius 3 is 2.34 bits per heavy atom. The lowest BCUT2D eigenvalue weighted by Crippen LogP contribution is -2.48. The van der Waals surface area contributed by atoms with Gasteiger partial charge in [0, 0.05) is 13.1 Å². The second-order valence-corrected chi connectivity index (χ2v) is 10.2. The number of morpholine rings is 1. The maximum atomic E-state index is 13.1. The van der Waals surface area contributed by atoms with E-state index in [-0.39, 0.29) is 40.8 Å². The summed E-state index contributed by atoms with van der Waals surface area (Å²) < 4.78 is 43.0. The van der Waals surface area contributed by atoms with Gasteiger partial charge in [-0.05, 0) is 52.8 Å². The van der Waals surface area contributed by atoms with Crippen LogP contribution in [0.3, 0.4) is 0 Å². The third kappa shape index (κ3) is 6.40. The first kappa shape index (κ1) is 23.6. The summed E-state index contributed by atoms with van der Waals surface area (Å²) in [5.41, 5.74) is -0.747. The van der Waals surface area contributed by atoms with E-state index in [2.05, 4.69) is 0 Å². The molecule has 0 radical (unpaired) electrons. The Bertz CT molecular complexity index is 869. The number of esters is 2. The van der Waals surface area contributed by atoms with Gasteiger partial charge in [-0.25, -0.2) is 18.0 Å². The minimum absolute atomic E-state index is 0.0134. The van der Waals surface area contributed by atoms with Crippen LogP contribution < -0.4 is 0 Å². The zero-order valence-corrected chi connectivity index (χ0v) is 18.7. The molecule has 1 fully saturated rings. The third-order valence-corrected chi connectivity index (χ3v) is 6.23. The van der Waals surface area contributed by atoms with Crippen LogP contribution in [0.4, 0.5) is 0 Å². The SMILES string of the molecule is CC1CN(S(=O)(=O)c2cc(C(=O)OCC(=O)OC(C)(C)C)ccc2Cl)CC(C)O1. The molecule has 0 bridgehead atoms. The van der Waals surface area contributed by atoms with Gasteiger partial charge in [-0.3, -0.25) is 0 Å². The van der Waals surface area contributed by atoms with E-state index >= 15 is 0 Å². The lowest BCUT2D eigenvalue weighted by Gasteiger charge is -2.34. The summed E-state index contributed by atoms with van der Waals surface area (Å²) >= 11 is 6.11. The fourth-order valence-corrected chi connectivity index (χ4v) is 4.96. The van der Waals surface area contributed by atoms with Crippen molar-refractivity contribution in [2.24, 2.45) is 0 Å². The lowest BCUT2D eigenvalue weighted by atomic mass is 10.2. The van der Waals surface area contributed by atoms with E-state index in [4.69, 9.17) is 25.8 Å². The van der Waals surface area contributed by atoms with Gasteiger partial charge in [0.1, 0.15) is 10.5 Å². The van der Waals surface area contributed by atoms with E-state index < -0.39 is 34.2 Å². The number of rotatable bonds is 5. The summed E-state index contributed by atoms with van der Waals surface area (Å²) in [5.74, 6) is -1.56. The molecule has 162 valence electrons. The van der Waals surface area contributed by atoms with E-state index in [9.17, 15) is 18.0 Å². The van der Waals surface area contributed by atoms with Crippen molar-refractivity contribution in [2.75, 3.05) is 19.7 Å². The Balaban J connectivity index is 2.18. The second kappa shape index (κ2) is 8.99. The smallest absolute Gasteiger partial charge is 0.344 e. The van der Waals surface area contributed by atoms with E-state index in [0.717, 1.165) is 6.07 Å². The van der Waals surface area contributed by atoms with Crippen molar-refractivity contribution in [3.05, 3.63) is 28.8 Å². The van der Waals surface area contributed by atoms with Crippen molar-refractivity contribution in [1.82, 2.24) is 4.31 Å². The first-order valence-electron chi connectivity index (χ1n) is 9.13. The number of sulfonamides is 1. The van der Waals surface area contributed by atoms with Gasteiger partial charge >= 0.3 is 11.9 Å². The van der Waals surface area contributed by atoms with Gasteiger partial charge in [-0.1, -0.05) is 11.6 Å². The zero-order chi connectivity index (χ0) is 22.0. The summed E-state index contributed by atoms with van der Waals surface area (Å²) in [7, 11) is -3.95. The number of hydrogen-bond acceptors (Lipinski definition) is 7. The number of nitrogens with zero attached hydrogens (tertiary/aromatic N) is 1. The summed E-state index contributed by atoms with van der Waals surface area (Å²) in [6, 6.07) is 3.80. The van der Waals surface area contributed by atoms with E-state index in [1.165, 1.54) is 16.4 Å². The maximum Gasteiger partial charge on any atom is 0.344 e. The van der Waals surface area contributed by atoms with Crippen molar-refractivity contribution in [1.29, 1.82) is 0 Å². The number of halogens is 1. The Morgan fingerprint density at radius 1 is 1.21 bits per heavy atom. The molecular weight excluding hydrogens is 422 g/mol. The third-order valence-electron chi connectivity index (χ3n) is 3.91. The van der Waals surface area contributed by atoms with Crippen molar-refractivity contribution in [2.45, 2.75) is 57.3 Å². The van der Waals surface area contributed by atoms with Crippen LogP contribution in [-0.2, 0) is 29.0 Å². The molecule has 0 N–H and O–H groups in total. The van der Waals surface area contributed by atoms with Crippen molar-refractivity contribution >= 4 is 33.6 Å². The normalized spacial score (nSPS) is 20.9. The molecule has 2 atom stereocenters. The molecule has 1 aromatic rings. The predicted octanol–water partition coefficient (Wildman–Crippen LogP) is 2.64. The Labute approximate surface area is 176 Å². The predicted molar refractivity (Wildman–Crippen MR) is 106 cm³/mol. The van der Waals surface area contributed by atoms with Gasteiger partial charge in [0.25, 0.3) is 0 Å². The first-order chi connectivity index (χ1) is 13.3. The highest BCUT2D eigenvalue weighted by molar-refractivity contribution is 7.89. The van der Waals surface area contributed by atoms with E-state index in [0.29, 0.717) is 0 Å². The molecule has 1 aliphatic heterocycles. The summed E-state index contributed by atoms with van der Waals surface area (Å²) in [6.45, 7) is 8.41. The molecule has 0 saturated carbocycles. The molecule has 10 heteroatoms. The second-order valence-electron chi connectivity index (χ2n) is 7.89. The van der Waals surface area contributed by atoms with Gasteiger partial charge in [0.05, 0.1) is 22.8 Å². The zero-order valence-electron chi connectivity index (χ0n) is 17.1. The summed E-state index contributed by atoms with van der Waals surface area (Å²) in [5, 5.41) is -0.0134. The van der Waals surface area contributed by atoms with Crippen molar-refractivity contribution in [3.63, 3.8) is 0 Å². The minimum Gasteiger partial charge on any atom is -0.457 e. The topological polar surface area (TPSA) is 99.2 Å². The van der Waals surface area contributed by atoms with Crippen LogP contribution in [0.5, 0.6) is 0 Å². The number of ether oxygens (including phenoxy) is 3. The highest BCUT2D eigenvalue weighted by Gasteiger charge is 2.34. The number of hydrogen-bond donors (Lipinski definition) is 0. The van der Waals surface area contributed by atoms with E-state index in [1.54, 1.807) is 34.6 Å². The summed E-state index contributed by atoms with van der Waals surface area (Å²) in [6.07, 6.45) is -0.538. The molecule has 1 aromatic carbocycles. The molecule has 1 aliphatic rings. The number of benzene rings is 1. The van der Waals surface area contributed by atoms with Crippen LogP contribution in [0.2, 0.25) is 5.02 Å². The molecule has 2 unspecified atom stereocenters. The molecule has 29 heavy (non-hydrogen) atoms. The highest BCUT2D eigenvalue weighted by atomic mass is 35.5. The highest BCUT2D eigenvalue weighted by Crippen LogP contribution is 2.28. The van der Waals surface area contributed by atoms with Crippen LogP contribution in [0.1, 0.15) is 45.0 Å². The van der Waals surface area contributed by atoms with Gasteiger partial charge in [0.2, 0.25) is 10.0 Å². The fraction of sp³-hybridized carbons (Fsp3) is 0.579. The molecule has 8 nitrogen and oxygen atoms in total. The molecule has 1 heterocycles. The monoisotopic (exact) mass is 447 g/mol. The van der Waals surface area contributed by atoms with Gasteiger partial charge in [-0.15, -0.1) is 0 Å². The molecule has 0 spiro atoms. The Morgan fingerprint density at radius 2 is 1.79 bits per heavy atom. The minimum atomic E-state index is -3.95. The maximum absolute atomic E-state index is 13.1. The van der Waals surface area contributed by atoms with Crippen LogP contribution >= 0.6 is 11.6 Å². The largest absolute Gasteiger partial charge is 0.457 e. The molecule has 0 amide bonds. The average molecular weight is 448 g/mol. The lowest BCUT2D eigenvalue weighted by molar-refractivity contribution is -0.158. The number of carbonyl (C=O) groups is 2. The molecule has 1 saturated heterocycles. The molecule has 2 rings (SSSR count). The Kier molecular flexibility index (Phi) is 7.32. The quantitative estimate of drug-likeness (QED) is 0.639. The summed E-state index contributed by atoms with van der Waals surface area (Å²) in [4.78, 5) is 23.8. The molecule has 0 aromatic heterocycles. The van der Waals surface area contributed by atoms with Gasteiger partial charge < -0.3 is 14.2 Å². The number of carbonyl (C=O) groups excluding carboxylic acids is 2. The Hall–Kier alpha value is -1.68. The van der Waals surface area contributed by atoms with Crippen molar-refractivity contribution < 1.29 is 32.2 Å². The average Bonchev–Trinajstić information content (AvgIpc) is 2.57. The van der Waals surface area contributed by atoms with Crippen molar-refractivity contribution in [3.8, 4) is 0 Å². The first-order valence-corrected chi connectivity index (χ1v) is 11.0. The van der Waals surface area contributed by atoms with Crippen LogP contribution in [0, 0.1) is 0 Å². The van der Waals surface area contributed by atoms with Gasteiger partial charge in [-0.2, -0.15) is 4.31 Å². The molecular formula is C19H26ClNO7S. The van der Waals surface area contributed by atoms with Crippen LogP contribution in [0.15, 0.2) is 23.1 Å². The van der Waals surface area contributed by atoms with E-state index in [1.807, 2.05) is 0 Å². The van der Waals surface area contributed by atoms with Crippen LogP contribution in [0.25, 0.3) is 0 Å². The van der Waals surface area contributed by atoms with Gasteiger partial charge in [0.15, 0.2) is 6.61 Å².